The van der Waals surface area contributed by atoms with E-state index in [4.69, 9.17) is 0 Å². The Hall–Kier alpha value is -1.38. The molecule has 1 saturated heterocycles. The summed E-state index contributed by atoms with van der Waals surface area (Å²) in [6, 6.07) is 5.91. The van der Waals surface area contributed by atoms with Crippen LogP contribution in [-0.2, 0) is 0 Å². The second-order valence-electron chi connectivity index (χ2n) is 4.81. The van der Waals surface area contributed by atoms with Gasteiger partial charge in [0.1, 0.15) is 5.69 Å². The Balaban J connectivity index is 2.14. The number of likely N-dealkylation sites (tertiary alicyclic amines) is 1. The molecule has 0 aromatic carbocycles. The summed E-state index contributed by atoms with van der Waals surface area (Å²) in [5.74, 6) is 0.665. The lowest BCUT2D eigenvalue weighted by Crippen LogP contribution is -2.39. The van der Waals surface area contributed by atoms with Crippen LogP contribution in [0, 0.1) is 5.92 Å². The Morgan fingerprint density at radius 1 is 1.59 bits per heavy atom. The minimum absolute atomic E-state index is 0.0911. The Morgan fingerprint density at radius 3 is 3.06 bits per heavy atom. The van der Waals surface area contributed by atoms with Crippen LogP contribution in [0.25, 0.3) is 0 Å². The van der Waals surface area contributed by atoms with E-state index >= 15 is 0 Å². The van der Waals surface area contributed by atoms with Gasteiger partial charge in [0.05, 0.1) is 0 Å². The van der Waals surface area contributed by atoms with Gasteiger partial charge in [-0.2, -0.15) is 0 Å². The maximum Gasteiger partial charge on any atom is 0.272 e. The van der Waals surface area contributed by atoms with Crippen LogP contribution < -0.4 is 0 Å². The highest BCUT2D eigenvalue weighted by Gasteiger charge is 2.32. The van der Waals surface area contributed by atoms with Crippen molar-refractivity contribution in [2.24, 2.45) is 5.92 Å². The smallest absolute Gasteiger partial charge is 0.272 e. The van der Waals surface area contributed by atoms with Gasteiger partial charge in [0.2, 0.25) is 0 Å². The van der Waals surface area contributed by atoms with E-state index in [1.165, 1.54) is 0 Å². The zero-order valence-electron chi connectivity index (χ0n) is 10.6. The number of pyridine rings is 1. The van der Waals surface area contributed by atoms with Gasteiger partial charge in [-0.1, -0.05) is 26.3 Å². The molecule has 0 spiro atoms. The SMILES string of the molecule is CCC(C)C1CCCN1C(=O)c1ccccn1. The van der Waals surface area contributed by atoms with Crippen LogP contribution in [-0.4, -0.2) is 28.4 Å². The first-order chi connectivity index (χ1) is 8.24. The number of amides is 1. The molecule has 3 nitrogen and oxygen atoms in total. The fraction of sp³-hybridized carbons (Fsp3) is 0.571. The van der Waals surface area contributed by atoms with Crippen molar-refractivity contribution in [3.05, 3.63) is 30.1 Å². The molecule has 1 amide bonds. The molecule has 0 aliphatic carbocycles. The van der Waals surface area contributed by atoms with Gasteiger partial charge in [-0.3, -0.25) is 9.78 Å². The van der Waals surface area contributed by atoms with Gasteiger partial charge in [0.15, 0.2) is 0 Å². The average molecular weight is 232 g/mol. The van der Waals surface area contributed by atoms with E-state index in [0.717, 1.165) is 25.8 Å². The molecular formula is C14H20N2O. The Kier molecular flexibility index (Phi) is 3.77. The first-order valence-corrected chi connectivity index (χ1v) is 6.46. The topological polar surface area (TPSA) is 33.2 Å². The van der Waals surface area contributed by atoms with Gasteiger partial charge >= 0.3 is 0 Å². The number of carbonyl (C=O) groups excluding carboxylic acids is 1. The molecule has 1 aliphatic heterocycles. The summed E-state index contributed by atoms with van der Waals surface area (Å²) in [6.07, 6.45) is 5.05. The summed E-state index contributed by atoms with van der Waals surface area (Å²) in [6.45, 7) is 5.30. The highest BCUT2D eigenvalue weighted by Crippen LogP contribution is 2.26. The summed E-state index contributed by atoms with van der Waals surface area (Å²) >= 11 is 0. The van der Waals surface area contributed by atoms with E-state index in [0.29, 0.717) is 17.7 Å². The fourth-order valence-corrected chi connectivity index (χ4v) is 2.54. The molecule has 0 saturated carbocycles. The van der Waals surface area contributed by atoms with Crippen LogP contribution in [0.15, 0.2) is 24.4 Å². The van der Waals surface area contributed by atoms with Gasteiger partial charge < -0.3 is 4.90 Å². The largest absolute Gasteiger partial charge is 0.334 e. The zero-order valence-corrected chi connectivity index (χ0v) is 10.6. The van der Waals surface area contributed by atoms with Gasteiger partial charge in [0, 0.05) is 18.8 Å². The van der Waals surface area contributed by atoms with E-state index in [1.54, 1.807) is 12.3 Å². The molecule has 1 aromatic rings. The van der Waals surface area contributed by atoms with E-state index in [1.807, 2.05) is 17.0 Å². The van der Waals surface area contributed by atoms with E-state index in [-0.39, 0.29) is 5.91 Å². The lowest BCUT2D eigenvalue weighted by Gasteiger charge is -2.28. The number of carbonyl (C=O) groups is 1. The van der Waals surface area contributed by atoms with Crippen molar-refractivity contribution < 1.29 is 4.79 Å². The average Bonchev–Trinajstić information content (AvgIpc) is 2.87. The summed E-state index contributed by atoms with van der Waals surface area (Å²) in [5.41, 5.74) is 0.572. The molecular weight excluding hydrogens is 212 g/mol. The highest BCUT2D eigenvalue weighted by molar-refractivity contribution is 5.92. The van der Waals surface area contributed by atoms with E-state index in [9.17, 15) is 4.79 Å². The second-order valence-corrected chi connectivity index (χ2v) is 4.81. The first-order valence-electron chi connectivity index (χ1n) is 6.46. The van der Waals surface area contributed by atoms with Crippen LogP contribution in [0.1, 0.15) is 43.6 Å². The number of hydrogen-bond donors (Lipinski definition) is 0. The van der Waals surface area contributed by atoms with Gasteiger partial charge in [-0.15, -0.1) is 0 Å². The minimum atomic E-state index is 0.0911. The quantitative estimate of drug-likeness (QED) is 0.802. The van der Waals surface area contributed by atoms with Crippen LogP contribution in [0.4, 0.5) is 0 Å². The van der Waals surface area contributed by atoms with Crippen molar-refractivity contribution in [2.75, 3.05) is 6.54 Å². The molecule has 17 heavy (non-hydrogen) atoms. The van der Waals surface area contributed by atoms with Crippen LogP contribution in [0.3, 0.4) is 0 Å². The second kappa shape index (κ2) is 5.30. The number of nitrogens with zero attached hydrogens (tertiary/aromatic N) is 2. The molecule has 2 atom stereocenters. The number of rotatable bonds is 3. The summed E-state index contributed by atoms with van der Waals surface area (Å²) in [7, 11) is 0. The third kappa shape index (κ3) is 2.48. The van der Waals surface area contributed by atoms with Crippen molar-refractivity contribution in [3.63, 3.8) is 0 Å². The lowest BCUT2D eigenvalue weighted by molar-refractivity contribution is 0.0686. The summed E-state index contributed by atoms with van der Waals surface area (Å²) < 4.78 is 0. The highest BCUT2D eigenvalue weighted by atomic mass is 16.2. The van der Waals surface area contributed by atoms with Gasteiger partial charge in [-0.05, 0) is 30.9 Å². The molecule has 2 heterocycles. The van der Waals surface area contributed by atoms with E-state index in [2.05, 4.69) is 18.8 Å². The zero-order chi connectivity index (χ0) is 12.3. The standard InChI is InChI=1S/C14H20N2O/c1-3-11(2)13-8-6-10-16(13)14(17)12-7-4-5-9-15-12/h4-5,7,9,11,13H,3,6,8,10H2,1-2H3. The molecule has 0 N–H and O–H groups in total. The van der Waals surface area contributed by atoms with Crippen molar-refractivity contribution in [2.45, 2.75) is 39.2 Å². The van der Waals surface area contributed by atoms with Crippen molar-refractivity contribution >= 4 is 5.91 Å². The lowest BCUT2D eigenvalue weighted by atomic mass is 9.97. The van der Waals surface area contributed by atoms with Crippen LogP contribution in [0.2, 0.25) is 0 Å². The fourth-order valence-electron chi connectivity index (χ4n) is 2.54. The molecule has 1 aromatic heterocycles. The molecule has 0 radical (unpaired) electrons. The number of hydrogen-bond acceptors (Lipinski definition) is 2. The molecule has 1 fully saturated rings. The van der Waals surface area contributed by atoms with Crippen molar-refractivity contribution in [1.29, 1.82) is 0 Å². The first kappa shape index (κ1) is 12.1. The predicted molar refractivity (Wildman–Crippen MR) is 67.8 cm³/mol. The molecule has 92 valence electrons. The number of aromatic nitrogens is 1. The minimum Gasteiger partial charge on any atom is -0.334 e. The molecule has 0 bridgehead atoms. The predicted octanol–water partition coefficient (Wildman–Crippen LogP) is 2.73. The maximum absolute atomic E-state index is 12.3. The van der Waals surface area contributed by atoms with Crippen molar-refractivity contribution in [1.82, 2.24) is 9.88 Å². The maximum atomic E-state index is 12.3. The Morgan fingerprint density at radius 2 is 2.41 bits per heavy atom. The van der Waals surface area contributed by atoms with Crippen molar-refractivity contribution in [3.8, 4) is 0 Å². The normalized spacial score (nSPS) is 21.5. The van der Waals surface area contributed by atoms with Gasteiger partial charge in [0.25, 0.3) is 5.91 Å². The molecule has 2 unspecified atom stereocenters. The van der Waals surface area contributed by atoms with Crippen LogP contribution in [0.5, 0.6) is 0 Å². The van der Waals surface area contributed by atoms with E-state index < -0.39 is 0 Å². The monoisotopic (exact) mass is 232 g/mol. The van der Waals surface area contributed by atoms with Crippen LogP contribution >= 0.6 is 0 Å². The third-order valence-corrected chi connectivity index (χ3v) is 3.74. The summed E-state index contributed by atoms with van der Waals surface area (Å²) in [5, 5.41) is 0. The Bertz CT molecular complexity index is 377. The Labute approximate surface area is 103 Å². The molecule has 2 rings (SSSR count). The summed E-state index contributed by atoms with van der Waals surface area (Å²) in [4.78, 5) is 18.5. The molecule has 3 heteroatoms. The molecule has 1 aliphatic rings. The van der Waals surface area contributed by atoms with Gasteiger partial charge in [-0.25, -0.2) is 0 Å². The third-order valence-electron chi connectivity index (χ3n) is 3.74.